The predicted octanol–water partition coefficient (Wildman–Crippen LogP) is 4.17. The Labute approximate surface area is 166 Å². The van der Waals surface area contributed by atoms with Crippen LogP contribution >= 0.6 is 0 Å². The molecule has 0 spiro atoms. The summed E-state index contributed by atoms with van der Waals surface area (Å²) in [6.07, 6.45) is 9.00. The number of fused-ring (bicyclic) bond motifs is 1. The Morgan fingerprint density at radius 2 is 1.89 bits per heavy atom. The number of piperidine rings is 1. The lowest BCUT2D eigenvalue weighted by molar-refractivity contribution is -0.139. The molecule has 2 aliphatic rings. The van der Waals surface area contributed by atoms with E-state index in [0.717, 1.165) is 30.7 Å². The Hall–Kier alpha value is -2.27. The molecule has 4 rings (SSSR count). The quantitative estimate of drug-likeness (QED) is 0.815. The number of phenols is 1. The first-order chi connectivity index (χ1) is 13.7. The fraction of sp³-hybridized carbons (Fsp3) is 0.522. The Kier molecular flexibility index (Phi) is 6.01. The molecule has 1 aliphatic heterocycles. The van der Waals surface area contributed by atoms with E-state index in [4.69, 9.17) is 4.42 Å². The minimum absolute atomic E-state index is 0.207. The lowest BCUT2D eigenvalue weighted by Crippen LogP contribution is -2.52. The molecule has 1 N–H and O–H groups in total. The summed E-state index contributed by atoms with van der Waals surface area (Å²) in [5, 5.41) is 10.2. The molecule has 1 amide bonds. The molecule has 5 nitrogen and oxygen atoms in total. The van der Waals surface area contributed by atoms with Crippen molar-refractivity contribution in [3.05, 3.63) is 54.0 Å². The van der Waals surface area contributed by atoms with E-state index in [0.29, 0.717) is 31.6 Å². The molecule has 0 bridgehead atoms. The van der Waals surface area contributed by atoms with Crippen LogP contribution in [0.5, 0.6) is 5.75 Å². The van der Waals surface area contributed by atoms with E-state index in [1.54, 1.807) is 12.3 Å². The average molecular weight is 383 g/mol. The monoisotopic (exact) mass is 382 g/mol. The Bertz CT molecular complexity index is 772. The van der Waals surface area contributed by atoms with Crippen LogP contribution in [0.1, 0.15) is 49.8 Å². The lowest BCUT2D eigenvalue weighted by Gasteiger charge is -2.44. The molecule has 1 aliphatic carbocycles. The normalized spacial score (nSPS) is 22.2. The topological polar surface area (TPSA) is 56.9 Å². The van der Waals surface area contributed by atoms with Gasteiger partial charge in [0, 0.05) is 24.7 Å². The van der Waals surface area contributed by atoms with Crippen LogP contribution in [0.2, 0.25) is 0 Å². The molecule has 2 unspecified atom stereocenters. The number of para-hydroxylation sites is 1. The first-order valence-electron chi connectivity index (χ1n) is 10.5. The number of hydrogen-bond donors (Lipinski definition) is 1. The van der Waals surface area contributed by atoms with Crippen molar-refractivity contribution < 1.29 is 14.3 Å². The molecule has 1 aromatic carbocycles. The van der Waals surface area contributed by atoms with Crippen molar-refractivity contribution in [1.29, 1.82) is 0 Å². The largest absolute Gasteiger partial charge is 0.508 e. The summed E-state index contributed by atoms with van der Waals surface area (Å²) in [6, 6.07) is 11.6. The molecule has 2 heterocycles. The molecule has 1 aromatic heterocycles. The van der Waals surface area contributed by atoms with E-state index in [9.17, 15) is 9.90 Å². The molecule has 1 saturated carbocycles. The van der Waals surface area contributed by atoms with Crippen LogP contribution in [-0.2, 0) is 17.9 Å². The van der Waals surface area contributed by atoms with E-state index >= 15 is 0 Å². The number of aromatic hydroxyl groups is 1. The lowest BCUT2D eigenvalue weighted by atomic mass is 9.78. The van der Waals surface area contributed by atoms with Gasteiger partial charge in [-0.15, -0.1) is 0 Å². The number of nitrogens with zero attached hydrogens (tertiary/aromatic N) is 2. The fourth-order valence-corrected chi connectivity index (χ4v) is 4.89. The second-order valence-corrected chi connectivity index (χ2v) is 8.19. The van der Waals surface area contributed by atoms with Crippen LogP contribution in [-0.4, -0.2) is 39.9 Å². The highest BCUT2D eigenvalue weighted by Crippen LogP contribution is 2.35. The van der Waals surface area contributed by atoms with Crippen LogP contribution in [0.4, 0.5) is 0 Å². The first-order valence-corrected chi connectivity index (χ1v) is 10.5. The van der Waals surface area contributed by atoms with Gasteiger partial charge in [0.1, 0.15) is 11.5 Å². The van der Waals surface area contributed by atoms with Crippen molar-refractivity contribution in [3.8, 4) is 5.75 Å². The minimum Gasteiger partial charge on any atom is -0.508 e. The summed E-state index contributed by atoms with van der Waals surface area (Å²) in [7, 11) is 0. The Morgan fingerprint density at radius 3 is 2.71 bits per heavy atom. The molecule has 2 atom stereocenters. The number of phenolic OH excluding ortho intramolecular Hbond substituents is 1. The summed E-state index contributed by atoms with van der Waals surface area (Å²) in [6.45, 7) is 2.29. The van der Waals surface area contributed by atoms with Gasteiger partial charge >= 0.3 is 0 Å². The predicted molar refractivity (Wildman–Crippen MR) is 108 cm³/mol. The van der Waals surface area contributed by atoms with E-state index in [-0.39, 0.29) is 11.7 Å². The van der Waals surface area contributed by atoms with Gasteiger partial charge in [0.15, 0.2) is 0 Å². The molecular weight excluding hydrogens is 352 g/mol. The summed E-state index contributed by atoms with van der Waals surface area (Å²) < 4.78 is 5.52. The Morgan fingerprint density at radius 1 is 1.07 bits per heavy atom. The van der Waals surface area contributed by atoms with Crippen LogP contribution in [0.15, 0.2) is 47.1 Å². The van der Waals surface area contributed by atoms with Crippen LogP contribution in [0.25, 0.3) is 0 Å². The zero-order chi connectivity index (χ0) is 19.3. The number of benzene rings is 1. The van der Waals surface area contributed by atoms with E-state index in [2.05, 4.69) is 9.80 Å². The highest BCUT2D eigenvalue weighted by atomic mass is 16.3. The van der Waals surface area contributed by atoms with Gasteiger partial charge in [-0.3, -0.25) is 9.69 Å². The second-order valence-electron chi connectivity index (χ2n) is 8.19. The summed E-state index contributed by atoms with van der Waals surface area (Å²) in [5.41, 5.74) is 0.830. The number of hydrogen-bond acceptors (Lipinski definition) is 4. The third kappa shape index (κ3) is 4.41. The van der Waals surface area contributed by atoms with Crippen molar-refractivity contribution >= 4 is 5.91 Å². The van der Waals surface area contributed by atoms with E-state index in [1.807, 2.05) is 30.3 Å². The number of likely N-dealkylation sites (tertiary alicyclic amines) is 1. The highest BCUT2D eigenvalue weighted by Gasteiger charge is 2.36. The molecule has 5 heteroatoms. The molecule has 28 heavy (non-hydrogen) atoms. The maximum absolute atomic E-state index is 13.3. The number of carbonyl (C=O) groups excluding carboxylic acids is 1. The van der Waals surface area contributed by atoms with Crippen molar-refractivity contribution in [2.75, 3.05) is 13.1 Å². The minimum atomic E-state index is 0.207. The molecule has 2 fully saturated rings. The van der Waals surface area contributed by atoms with Crippen LogP contribution in [0.3, 0.4) is 0 Å². The summed E-state index contributed by atoms with van der Waals surface area (Å²) in [4.78, 5) is 17.5. The van der Waals surface area contributed by atoms with Gasteiger partial charge in [-0.05, 0) is 49.8 Å². The summed E-state index contributed by atoms with van der Waals surface area (Å²) >= 11 is 0. The zero-order valence-electron chi connectivity index (χ0n) is 16.4. The average Bonchev–Trinajstić information content (AvgIpc) is 3.22. The van der Waals surface area contributed by atoms with Crippen molar-refractivity contribution in [3.63, 3.8) is 0 Å². The summed E-state index contributed by atoms with van der Waals surface area (Å²) in [5.74, 6) is 1.99. The van der Waals surface area contributed by atoms with Crippen LogP contribution in [0, 0.1) is 5.92 Å². The smallest absolute Gasteiger partial charge is 0.237 e. The fourth-order valence-electron chi connectivity index (χ4n) is 4.89. The van der Waals surface area contributed by atoms with Gasteiger partial charge < -0.3 is 14.4 Å². The van der Waals surface area contributed by atoms with Crippen molar-refractivity contribution in [1.82, 2.24) is 9.80 Å². The van der Waals surface area contributed by atoms with Gasteiger partial charge in [0.2, 0.25) is 5.91 Å². The highest BCUT2D eigenvalue weighted by molar-refractivity contribution is 5.78. The molecule has 0 radical (unpaired) electrons. The SMILES string of the molecule is O=C(CN(Cc1ccco1)Cc1ccccc1O)N1CCCC2CCCCC21. The van der Waals surface area contributed by atoms with Gasteiger partial charge in [-0.2, -0.15) is 0 Å². The van der Waals surface area contributed by atoms with Gasteiger partial charge in [0.05, 0.1) is 19.4 Å². The third-order valence-corrected chi connectivity index (χ3v) is 6.27. The Balaban J connectivity index is 1.47. The standard InChI is InChI=1S/C23H30N2O3/c26-22-12-4-2-8-19(22)15-24(16-20-10-6-14-28-20)17-23(27)25-13-5-9-18-7-1-3-11-21(18)25/h2,4,6,8,10,12,14,18,21,26H,1,3,5,7,9,11,13,15-17H2. The van der Waals surface area contributed by atoms with Gasteiger partial charge in [-0.25, -0.2) is 0 Å². The number of carbonyl (C=O) groups is 1. The van der Waals surface area contributed by atoms with E-state index < -0.39 is 0 Å². The molecule has 150 valence electrons. The zero-order valence-corrected chi connectivity index (χ0v) is 16.4. The first kappa shape index (κ1) is 19.1. The van der Waals surface area contributed by atoms with Crippen molar-refractivity contribution in [2.45, 2.75) is 57.7 Å². The third-order valence-electron chi connectivity index (χ3n) is 6.27. The van der Waals surface area contributed by atoms with E-state index in [1.165, 1.54) is 25.7 Å². The number of furan rings is 1. The van der Waals surface area contributed by atoms with Crippen molar-refractivity contribution in [2.24, 2.45) is 5.92 Å². The second kappa shape index (κ2) is 8.82. The maximum atomic E-state index is 13.3. The number of amides is 1. The van der Waals surface area contributed by atoms with Crippen LogP contribution < -0.4 is 0 Å². The molecule has 1 saturated heterocycles. The van der Waals surface area contributed by atoms with Gasteiger partial charge in [0.25, 0.3) is 0 Å². The molecular formula is C23H30N2O3. The molecule has 2 aromatic rings. The van der Waals surface area contributed by atoms with Gasteiger partial charge in [-0.1, -0.05) is 31.0 Å². The number of rotatable bonds is 6. The maximum Gasteiger partial charge on any atom is 0.237 e.